The lowest BCUT2D eigenvalue weighted by molar-refractivity contribution is -0.122. The monoisotopic (exact) mass is 341 g/mol. The lowest BCUT2D eigenvalue weighted by Crippen LogP contribution is -2.46. The Balaban J connectivity index is 2.65. The summed E-state index contributed by atoms with van der Waals surface area (Å²) in [5.41, 5.74) is 0.483. The van der Waals surface area contributed by atoms with Crippen LogP contribution in [0.4, 0.5) is 14.9 Å². The Kier molecular flexibility index (Phi) is 7.81. The molecule has 0 saturated heterocycles. The number of ether oxygens (including phenoxy) is 2. The second-order valence-electron chi connectivity index (χ2n) is 5.33. The molecule has 0 aliphatic rings. The lowest BCUT2D eigenvalue weighted by atomic mass is 10.2. The number of carbonyl (C=O) groups is 2. The minimum atomic E-state index is -0.790. The van der Waals surface area contributed by atoms with E-state index in [9.17, 15) is 14.0 Å². The Labute approximate surface area is 140 Å². The van der Waals surface area contributed by atoms with Gasteiger partial charge in [0.15, 0.2) is 11.5 Å². The smallest absolute Gasteiger partial charge is 0.319 e. The topological polar surface area (TPSA) is 88.7 Å². The number of hydrogen-bond donors (Lipinski definition) is 3. The molecule has 3 amide bonds. The largest absolute Gasteiger partial charge is 0.493 e. The zero-order valence-electron chi connectivity index (χ0n) is 14.3. The molecule has 24 heavy (non-hydrogen) atoms. The summed E-state index contributed by atoms with van der Waals surface area (Å²) in [5.74, 6) is 0.591. The van der Waals surface area contributed by atoms with Crippen molar-refractivity contribution in [3.63, 3.8) is 0 Å². The van der Waals surface area contributed by atoms with Gasteiger partial charge in [-0.15, -0.1) is 0 Å². The third-order valence-electron chi connectivity index (χ3n) is 2.92. The highest BCUT2D eigenvalue weighted by atomic mass is 19.1. The second kappa shape index (κ2) is 9.59. The lowest BCUT2D eigenvalue weighted by Gasteiger charge is -2.16. The molecule has 1 aromatic rings. The van der Waals surface area contributed by atoms with E-state index in [1.807, 2.05) is 13.8 Å². The fourth-order valence-corrected chi connectivity index (χ4v) is 1.85. The van der Waals surface area contributed by atoms with Gasteiger partial charge in [-0.3, -0.25) is 4.79 Å². The van der Waals surface area contributed by atoms with Crippen LogP contribution < -0.4 is 25.4 Å². The molecule has 0 heterocycles. The van der Waals surface area contributed by atoms with Crippen LogP contribution in [0.5, 0.6) is 11.5 Å². The van der Waals surface area contributed by atoms with Crippen LogP contribution >= 0.6 is 0 Å². The number of urea groups is 1. The molecule has 1 rings (SSSR count). The minimum absolute atomic E-state index is 0.00955. The Morgan fingerprint density at radius 1 is 1.21 bits per heavy atom. The van der Waals surface area contributed by atoms with Crippen molar-refractivity contribution in [1.29, 1.82) is 0 Å². The van der Waals surface area contributed by atoms with E-state index in [0.29, 0.717) is 17.2 Å². The molecule has 0 saturated carbocycles. The van der Waals surface area contributed by atoms with Gasteiger partial charge in [0.05, 0.1) is 13.2 Å². The maximum absolute atomic E-state index is 12.0. The SMILES string of the molecule is COc1cc(NC(=O)N[C@H](C)C(=O)NCCF)ccc1OC(C)C. The van der Waals surface area contributed by atoms with Gasteiger partial charge in [0.2, 0.25) is 5.91 Å². The molecular weight excluding hydrogens is 317 g/mol. The van der Waals surface area contributed by atoms with Gasteiger partial charge in [0.25, 0.3) is 0 Å². The van der Waals surface area contributed by atoms with Crippen molar-refractivity contribution in [3.05, 3.63) is 18.2 Å². The molecule has 134 valence electrons. The molecule has 0 aromatic heterocycles. The molecule has 0 unspecified atom stereocenters. The summed E-state index contributed by atoms with van der Waals surface area (Å²) in [6.07, 6.45) is -0.00955. The van der Waals surface area contributed by atoms with Gasteiger partial charge >= 0.3 is 6.03 Å². The van der Waals surface area contributed by atoms with Gasteiger partial charge in [-0.05, 0) is 32.9 Å². The summed E-state index contributed by atoms with van der Waals surface area (Å²) < 4.78 is 22.8. The maximum atomic E-state index is 12.0. The van der Waals surface area contributed by atoms with Crippen LogP contribution in [-0.4, -0.2) is 44.4 Å². The fourth-order valence-electron chi connectivity index (χ4n) is 1.85. The maximum Gasteiger partial charge on any atom is 0.319 e. The normalized spacial score (nSPS) is 11.6. The molecule has 3 N–H and O–H groups in total. The van der Waals surface area contributed by atoms with Crippen LogP contribution in [0.25, 0.3) is 0 Å². The van der Waals surface area contributed by atoms with E-state index >= 15 is 0 Å². The highest BCUT2D eigenvalue weighted by Gasteiger charge is 2.15. The van der Waals surface area contributed by atoms with Crippen LogP contribution in [0.3, 0.4) is 0 Å². The molecule has 0 fully saturated rings. The number of carbonyl (C=O) groups excluding carboxylic acids is 2. The summed E-state index contributed by atoms with van der Waals surface area (Å²) in [4.78, 5) is 23.5. The summed E-state index contributed by atoms with van der Waals surface area (Å²) in [6.45, 7) is 4.56. The molecule has 0 aliphatic heterocycles. The Morgan fingerprint density at radius 2 is 1.92 bits per heavy atom. The Bertz CT molecular complexity index is 566. The summed E-state index contributed by atoms with van der Waals surface area (Å²) >= 11 is 0. The van der Waals surface area contributed by atoms with Crippen molar-refractivity contribution in [2.75, 3.05) is 25.6 Å². The molecular formula is C16H24FN3O4. The molecule has 0 spiro atoms. The average molecular weight is 341 g/mol. The number of alkyl halides is 1. The highest BCUT2D eigenvalue weighted by Crippen LogP contribution is 2.30. The average Bonchev–Trinajstić information content (AvgIpc) is 2.53. The van der Waals surface area contributed by atoms with Gasteiger partial charge in [-0.1, -0.05) is 0 Å². The van der Waals surface area contributed by atoms with E-state index in [0.717, 1.165) is 0 Å². The number of amides is 3. The van der Waals surface area contributed by atoms with Gasteiger partial charge in [0, 0.05) is 18.3 Å². The van der Waals surface area contributed by atoms with Crippen molar-refractivity contribution in [1.82, 2.24) is 10.6 Å². The van der Waals surface area contributed by atoms with Crippen LogP contribution in [0.2, 0.25) is 0 Å². The minimum Gasteiger partial charge on any atom is -0.493 e. The fraction of sp³-hybridized carbons (Fsp3) is 0.500. The number of rotatable bonds is 8. The quantitative estimate of drug-likeness (QED) is 0.675. The predicted molar refractivity (Wildman–Crippen MR) is 89.4 cm³/mol. The van der Waals surface area contributed by atoms with Crippen molar-refractivity contribution in [2.45, 2.75) is 32.9 Å². The number of benzene rings is 1. The number of halogens is 1. The van der Waals surface area contributed by atoms with Gasteiger partial charge in [-0.2, -0.15) is 0 Å². The van der Waals surface area contributed by atoms with Crippen molar-refractivity contribution in [3.8, 4) is 11.5 Å². The van der Waals surface area contributed by atoms with Gasteiger partial charge in [-0.25, -0.2) is 9.18 Å². The van der Waals surface area contributed by atoms with Crippen LogP contribution in [0, 0.1) is 0 Å². The number of methoxy groups -OCH3 is 1. The summed E-state index contributed by atoms with van der Waals surface area (Å²) in [7, 11) is 1.50. The first kappa shape index (κ1) is 19.5. The second-order valence-corrected chi connectivity index (χ2v) is 5.33. The third kappa shape index (κ3) is 6.31. The van der Waals surface area contributed by atoms with Crippen molar-refractivity contribution >= 4 is 17.6 Å². The van der Waals surface area contributed by atoms with Crippen molar-refractivity contribution < 1.29 is 23.5 Å². The van der Waals surface area contributed by atoms with E-state index in [2.05, 4.69) is 16.0 Å². The Morgan fingerprint density at radius 3 is 2.50 bits per heavy atom. The molecule has 1 aromatic carbocycles. The van der Waals surface area contributed by atoms with Crippen molar-refractivity contribution in [2.24, 2.45) is 0 Å². The number of nitrogens with one attached hydrogen (secondary N) is 3. The summed E-state index contributed by atoms with van der Waals surface area (Å²) in [6, 6.07) is 3.62. The molecule has 1 atom stereocenters. The van der Waals surface area contributed by atoms with E-state index in [1.54, 1.807) is 18.2 Å². The highest BCUT2D eigenvalue weighted by molar-refractivity contribution is 5.93. The van der Waals surface area contributed by atoms with E-state index in [1.165, 1.54) is 14.0 Å². The van der Waals surface area contributed by atoms with E-state index < -0.39 is 24.7 Å². The molecule has 0 radical (unpaired) electrons. The first-order valence-corrected chi connectivity index (χ1v) is 7.63. The molecule has 7 nitrogen and oxygen atoms in total. The molecule has 8 heteroatoms. The summed E-state index contributed by atoms with van der Waals surface area (Å²) in [5, 5.41) is 7.42. The van der Waals surface area contributed by atoms with Crippen LogP contribution in [-0.2, 0) is 4.79 Å². The van der Waals surface area contributed by atoms with Crippen LogP contribution in [0.15, 0.2) is 18.2 Å². The Hall–Kier alpha value is -2.51. The number of anilines is 1. The third-order valence-corrected chi connectivity index (χ3v) is 2.92. The number of hydrogen-bond acceptors (Lipinski definition) is 4. The first-order chi connectivity index (χ1) is 11.4. The van der Waals surface area contributed by atoms with Crippen LogP contribution in [0.1, 0.15) is 20.8 Å². The standard InChI is InChI=1S/C16H24FN3O4/c1-10(2)24-13-6-5-12(9-14(13)23-4)20-16(22)19-11(3)15(21)18-8-7-17/h5-6,9-11H,7-8H2,1-4H3,(H,18,21)(H2,19,20,22)/t11-/m1/s1. The predicted octanol–water partition coefficient (Wildman–Crippen LogP) is 2.08. The van der Waals surface area contributed by atoms with Gasteiger partial charge < -0.3 is 25.4 Å². The van der Waals surface area contributed by atoms with Gasteiger partial charge in [0.1, 0.15) is 12.7 Å². The first-order valence-electron chi connectivity index (χ1n) is 7.63. The molecule has 0 aliphatic carbocycles. The van der Waals surface area contributed by atoms with E-state index in [-0.39, 0.29) is 12.6 Å². The van der Waals surface area contributed by atoms with E-state index in [4.69, 9.17) is 9.47 Å². The zero-order valence-corrected chi connectivity index (χ0v) is 14.3. The zero-order chi connectivity index (χ0) is 18.1. The molecule has 0 bridgehead atoms.